The molecule has 0 aliphatic rings. The number of carboxylic acids is 3. The summed E-state index contributed by atoms with van der Waals surface area (Å²) in [4.78, 5) is 30.5. The summed E-state index contributed by atoms with van der Waals surface area (Å²) in [5, 5.41) is 33.8. The van der Waals surface area contributed by atoms with Crippen molar-refractivity contribution in [2.75, 3.05) is 0 Å². The van der Waals surface area contributed by atoms with E-state index in [0.717, 1.165) is 0 Å². The van der Waals surface area contributed by atoms with E-state index in [1.54, 1.807) is 0 Å². The van der Waals surface area contributed by atoms with Crippen LogP contribution >= 0.6 is 0 Å². The number of hydrogen-bond acceptors (Lipinski definition) is 4. The fourth-order valence-electron chi connectivity index (χ4n) is 0.714. The highest BCUT2D eigenvalue weighted by molar-refractivity contribution is 5.88. The van der Waals surface area contributed by atoms with Gasteiger partial charge in [0.15, 0.2) is 5.60 Å². The van der Waals surface area contributed by atoms with Gasteiger partial charge in [-0.15, -0.1) is 0 Å². The zero-order valence-corrected chi connectivity index (χ0v) is 8.43. The Balaban J connectivity index is -0.000000120. The molecule has 0 amide bonds. The topological polar surface area (TPSA) is 258 Å². The Bertz CT molecular complexity index is 230. The molecular weight excluding hydrogens is 248 g/mol. The predicted octanol–water partition coefficient (Wildman–Crippen LogP) is -4.55. The molecule has 12 N–H and O–H groups in total. The number of aliphatic hydroxyl groups is 1. The second kappa shape index (κ2) is 10.7. The minimum Gasteiger partial charge on any atom is -0.481 e. The highest BCUT2D eigenvalue weighted by atomic mass is 16.4. The molecule has 17 heavy (non-hydrogen) atoms. The maximum atomic E-state index is 10.3. The average molecular weight is 264 g/mol. The number of carbonyl (C=O) groups is 3. The number of rotatable bonds is 5. The summed E-state index contributed by atoms with van der Waals surface area (Å²) in [6.45, 7) is 0. The Morgan fingerprint density at radius 3 is 1.12 bits per heavy atom. The average Bonchev–Trinajstić information content (AvgIpc) is 1.82. The molecule has 11 nitrogen and oxygen atoms in total. The molecule has 0 atom stereocenters. The van der Waals surface area contributed by atoms with Crippen molar-refractivity contribution in [1.82, 2.24) is 0 Å². The summed E-state index contributed by atoms with van der Waals surface area (Å²) < 4.78 is 0. The standard InChI is InChI=1S/C6H8O7.4H2O/c7-3(8)1-6(13,5(11)12)2-4(9)10;;;;/h13H,1-2H2,(H,7,8)(H,9,10)(H,11,12);4*1H2. The summed E-state index contributed by atoms with van der Waals surface area (Å²) in [6.07, 6.45) is -2.29. The van der Waals surface area contributed by atoms with Gasteiger partial charge in [0.25, 0.3) is 0 Å². The van der Waals surface area contributed by atoms with Crippen molar-refractivity contribution in [3.63, 3.8) is 0 Å². The van der Waals surface area contributed by atoms with E-state index in [2.05, 4.69) is 0 Å². The molecule has 0 aromatic carbocycles. The van der Waals surface area contributed by atoms with Crippen molar-refractivity contribution in [2.45, 2.75) is 18.4 Å². The van der Waals surface area contributed by atoms with Crippen molar-refractivity contribution in [3.8, 4) is 0 Å². The predicted molar refractivity (Wildman–Crippen MR) is 51.5 cm³/mol. The van der Waals surface area contributed by atoms with Crippen LogP contribution in [0.15, 0.2) is 0 Å². The molecule has 0 spiro atoms. The first-order valence-corrected chi connectivity index (χ1v) is 3.17. The van der Waals surface area contributed by atoms with Crippen LogP contribution in [0.2, 0.25) is 0 Å². The molecule has 0 bridgehead atoms. The molecule has 106 valence electrons. The number of hydrogen-bond donors (Lipinski definition) is 4. The molecule has 0 rings (SSSR count). The maximum absolute atomic E-state index is 10.3. The molecule has 0 aliphatic heterocycles. The summed E-state index contributed by atoms with van der Waals surface area (Å²) in [6, 6.07) is 0. The maximum Gasteiger partial charge on any atom is 0.336 e. The summed E-state index contributed by atoms with van der Waals surface area (Å²) in [7, 11) is 0. The van der Waals surface area contributed by atoms with E-state index >= 15 is 0 Å². The van der Waals surface area contributed by atoms with Gasteiger partial charge < -0.3 is 42.3 Å². The molecule has 0 radical (unpaired) electrons. The van der Waals surface area contributed by atoms with Gasteiger partial charge in [0.2, 0.25) is 0 Å². The fraction of sp³-hybridized carbons (Fsp3) is 0.500. The second-order valence-electron chi connectivity index (χ2n) is 2.48. The molecule has 0 aromatic heterocycles. The highest BCUT2D eigenvalue weighted by Crippen LogP contribution is 2.15. The summed E-state index contributed by atoms with van der Waals surface area (Å²) in [5.41, 5.74) is -2.74. The minimum absolute atomic E-state index is 0. The van der Waals surface area contributed by atoms with Gasteiger partial charge in [0.1, 0.15) is 0 Å². The van der Waals surface area contributed by atoms with Gasteiger partial charge in [-0.3, -0.25) is 9.59 Å². The van der Waals surface area contributed by atoms with Gasteiger partial charge >= 0.3 is 17.9 Å². The zero-order valence-electron chi connectivity index (χ0n) is 8.43. The molecule has 0 aromatic rings. The molecule has 0 fully saturated rings. The van der Waals surface area contributed by atoms with Crippen molar-refractivity contribution in [3.05, 3.63) is 0 Å². The zero-order chi connectivity index (χ0) is 10.6. The largest absolute Gasteiger partial charge is 0.481 e. The van der Waals surface area contributed by atoms with Crippen LogP contribution in [0, 0.1) is 0 Å². The lowest BCUT2D eigenvalue weighted by Crippen LogP contribution is -2.42. The Morgan fingerprint density at radius 2 is 1.00 bits per heavy atom. The van der Waals surface area contributed by atoms with Gasteiger partial charge in [-0.1, -0.05) is 0 Å². The smallest absolute Gasteiger partial charge is 0.336 e. The lowest BCUT2D eigenvalue weighted by molar-refractivity contribution is -0.170. The number of aliphatic carboxylic acids is 3. The summed E-state index contributed by atoms with van der Waals surface area (Å²) in [5.74, 6) is -5.02. The van der Waals surface area contributed by atoms with Gasteiger partial charge in [-0.2, -0.15) is 0 Å². The van der Waals surface area contributed by atoms with Crippen LogP contribution in [0.25, 0.3) is 0 Å². The quantitative estimate of drug-likeness (QED) is 0.377. The van der Waals surface area contributed by atoms with Crippen LogP contribution in [0.3, 0.4) is 0 Å². The van der Waals surface area contributed by atoms with Gasteiger partial charge in [-0.25, -0.2) is 4.79 Å². The van der Waals surface area contributed by atoms with E-state index in [-0.39, 0.29) is 21.9 Å². The third-order valence-electron chi connectivity index (χ3n) is 1.29. The van der Waals surface area contributed by atoms with Gasteiger partial charge in [-0.05, 0) is 0 Å². The van der Waals surface area contributed by atoms with E-state index in [0.29, 0.717) is 0 Å². The van der Waals surface area contributed by atoms with Crippen LogP contribution in [0.5, 0.6) is 0 Å². The second-order valence-corrected chi connectivity index (χ2v) is 2.48. The van der Waals surface area contributed by atoms with Crippen molar-refractivity contribution < 1.29 is 56.7 Å². The Kier molecular flexibility index (Phi) is 18.6. The Morgan fingerprint density at radius 1 is 0.765 bits per heavy atom. The van der Waals surface area contributed by atoms with Gasteiger partial charge in [0.05, 0.1) is 12.8 Å². The van der Waals surface area contributed by atoms with Crippen molar-refractivity contribution in [1.29, 1.82) is 0 Å². The lowest BCUT2D eigenvalue weighted by Gasteiger charge is -2.18. The van der Waals surface area contributed by atoms with Crippen molar-refractivity contribution >= 4 is 17.9 Å². The van der Waals surface area contributed by atoms with Crippen LogP contribution in [0.1, 0.15) is 12.8 Å². The molecule has 0 unspecified atom stereocenters. The molecule has 0 saturated carbocycles. The molecule has 11 heteroatoms. The van der Waals surface area contributed by atoms with E-state index in [1.807, 2.05) is 0 Å². The summed E-state index contributed by atoms with van der Waals surface area (Å²) >= 11 is 0. The molecular formula is C6H16O11. The fourth-order valence-corrected chi connectivity index (χ4v) is 0.714. The third kappa shape index (κ3) is 10.5. The highest BCUT2D eigenvalue weighted by Gasteiger charge is 2.40. The van der Waals surface area contributed by atoms with E-state index in [1.165, 1.54) is 0 Å². The number of carboxylic acid groups (broad SMARTS) is 3. The third-order valence-corrected chi connectivity index (χ3v) is 1.29. The van der Waals surface area contributed by atoms with E-state index in [9.17, 15) is 14.4 Å². The molecule has 0 saturated heterocycles. The normalized spacial score (nSPS) is 8.29. The first kappa shape index (κ1) is 29.5. The Hall–Kier alpha value is -1.79. The first-order valence-electron chi connectivity index (χ1n) is 3.17. The monoisotopic (exact) mass is 264 g/mol. The van der Waals surface area contributed by atoms with Crippen LogP contribution in [-0.2, 0) is 14.4 Å². The van der Waals surface area contributed by atoms with E-state index in [4.69, 9.17) is 20.4 Å². The van der Waals surface area contributed by atoms with Gasteiger partial charge in [0, 0.05) is 0 Å². The van der Waals surface area contributed by atoms with Crippen LogP contribution < -0.4 is 0 Å². The molecule has 0 heterocycles. The Labute approximate surface area is 94.1 Å². The molecule has 0 aliphatic carbocycles. The minimum atomic E-state index is -2.74. The van der Waals surface area contributed by atoms with Crippen molar-refractivity contribution in [2.24, 2.45) is 0 Å². The first-order chi connectivity index (χ1) is 5.78. The van der Waals surface area contributed by atoms with E-state index < -0.39 is 36.4 Å². The SMILES string of the molecule is O.O.O.O.O=C(O)CC(O)(CC(=O)O)C(=O)O. The van der Waals surface area contributed by atoms with Crippen LogP contribution in [0.4, 0.5) is 0 Å². The lowest BCUT2D eigenvalue weighted by atomic mass is 9.96. The van der Waals surface area contributed by atoms with Crippen LogP contribution in [-0.4, -0.2) is 65.8 Å².